The minimum atomic E-state index is -4.08. The number of phenols is 1. The topological polar surface area (TPSA) is 91.7 Å². The first kappa shape index (κ1) is 15.9. The number of phenolic OH excluding ortho intramolecular Hbond substituents is 1. The maximum atomic E-state index is 12.0. The van der Waals surface area contributed by atoms with Gasteiger partial charge in [-0.25, -0.2) is 0 Å². The molecule has 0 aliphatic rings. The molecule has 2 N–H and O–H groups in total. The molecule has 114 valence electrons. The van der Waals surface area contributed by atoms with Gasteiger partial charge in [0.25, 0.3) is 10.1 Å². The molecule has 0 saturated heterocycles. The van der Waals surface area contributed by atoms with Gasteiger partial charge in [-0.15, -0.1) is 0 Å². The van der Waals surface area contributed by atoms with Crippen molar-refractivity contribution in [1.29, 1.82) is 0 Å². The van der Waals surface area contributed by atoms with E-state index in [2.05, 4.69) is 0 Å². The van der Waals surface area contributed by atoms with E-state index in [1.807, 2.05) is 0 Å². The summed E-state index contributed by atoms with van der Waals surface area (Å²) in [6, 6.07) is 12.4. The molecule has 0 radical (unpaired) electrons. The molecule has 0 heterocycles. The molecular formula is C16H14O5S. The van der Waals surface area contributed by atoms with E-state index >= 15 is 0 Å². The monoisotopic (exact) mass is 318 g/mol. The molecule has 0 aliphatic heterocycles. The zero-order chi connectivity index (χ0) is 16.2. The Labute approximate surface area is 128 Å². The van der Waals surface area contributed by atoms with Gasteiger partial charge >= 0.3 is 0 Å². The van der Waals surface area contributed by atoms with Crippen LogP contribution in [0.1, 0.15) is 21.5 Å². The molecule has 0 atom stereocenters. The highest BCUT2D eigenvalue weighted by Crippen LogP contribution is 2.12. The number of carbonyl (C=O) groups is 1. The third kappa shape index (κ3) is 4.83. The van der Waals surface area contributed by atoms with E-state index in [0.717, 1.165) is 5.56 Å². The highest BCUT2D eigenvalue weighted by Gasteiger charge is 2.07. The van der Waals surface area contributed by atoms with Gasteiger partial charge in [0, 0.05) is 5.56 Å². The molecule has 6 heteroatoms. The molecule has 0 aliphatic carbocycles. The van der Waals surface area contributed by atoms with Crippen molar-refractivity contribution in [2.45, 2.75) is 5.75 Å². The largest absolute Gasteiger partial charge is 0.508 e. The van der Waals surface area contributed by atoms with Gasteiger partial charge < -0.3 is 5.11 Å². The average molecular weight is 318 g/mol. The molecule has 2 aromatic rings. The van der Waals surface area contributed by atoms with Gasteiger partial charge in [0.15, 0.2) is 5.78 Å². The Morgan fingerprint density at radius 2 is 1.59 bits per heavy atom. The maximum Gasteiger partial charge on any atom is 0.269 e. The van der Waals surface area contributed by atoms with E-state index in [-0.39, 0.29) is 11.5 Å². The minimum absolute atomic E-state index is 0.151. The fraction of sp³-hybridized carbons (Fsp3) is 0.0625. The molecule has 2 rings (SSSR count). The van der Waals surface area contributed by atoms with Crippen molar-refractivity contribution in [2.75, 3.05) is 0 Å². The van der Waals surface area contributed by atoms with Crippen LogP contribution < -0.4 is 0 Å². The Hall–Kier alpha value is -2.44. The highest BCUT2D eigenvalue weighted by atomic mass is 32.2. The fourth-order valence-corrected chi connectivity index (χ4v) is 2.44. The molecule has 0 bridgehead atoms. The highest BCUT2D eigenvalue weighted by molar-refractivity contribution is 7.85. The normalized spacial score (nSPS) is 11.7. The van der Waals surface area contributed by atoms with Gasteiger partial charge in [0.1, 0.15) is 11.5 Å². The first-order valence-corrected chi connectivity index (χ1v) is 8.00. The third-order valence-corrected chi connectivity index (χ3v) is 3.61. The van der Waals surface area contributed by atoms with Crippen LogP contribution in [0.5, 0.6) is 5.75 Å². The molecule has 0 spiro atoms. The Balaban J connectivity index is 2.08. The molecule has 0 saturated carbocycles. The van der Waals surface area contributed by atoms with Crippen LogP contribution in [0.4, 0.5) is 0 Å². The Bertz CT molecular complexity index is 787. The van der Waals surface area contributed by atoms with Crippen LogP contribution in [0.2, 0.25) is 0 Å². The number of ketones is 1. The Morgan fingerprint density at radius 3 is 2.14 bits per heavy atom. The summed E-state index contributed by atoms with van der Waals surface area (Å²) in [6.07, 6.45) is 3.01. The summed E-state index contributed by atoms with van der Waals surface area (Å²) in [6.45, 7) is 0. The predicted octanol–water partition coefficient (Wildman–Crippen LogP) is 2.68. The second kappa shape index (κ2) is 6.55. The summed E-state index contributed by atoms with van der Waals surface area (Å²) < 4.78 is 30.3. The lowest BCUT2D eigenvalue weighted by molar-refractivity contribution is 0.104. The quantitative estimate of drug-likeness (QED) is 0.502. The third-order valence-electron chi connectivity index (χ3n) is 2.91. The van der Waals surface area contributed by atoms with Crippen molar-refractivity contribution in [3.05, 3.63) is 71.3 Å². The van der Waals surface area contributed by atoms with E-state index in [0.29, 0.717) is 11.1 Å². The van der Waals surface area contributed by atoms with Crippen LogP contribution in [0.15, 0.2) is 54.6 Å². The van der Waals surface area contributed by atoms with Crippen molar-refractivity contribution in [2.24, 2.45) is 0 Å². The molecule has 5 nitrogen and oxygen atoms in total. The van der Waals surface area contributed by atoms with Crippen molar-refractivity contribution in [3.8, 4) is 5.75 Å². The van der Waals surface area contributed by atoms with Crippen molar-refractivity contribution >= 4 is 22.0 Å². The van der Waals surface area contributed by atoms with Crippen molar-refractivity contribution < 1.29 is 22.9 Å². The van der Waals surface area contributed by atoms with Crippen LogP contribution >= 0.6 is 0 Å². The van der Waals surface area contributed by atoms with Crippen LogP contribution in [0, 0.1) is 0 Å². The Kier molecular flexibility index (Phi) is 4.75. The van der Waals surface area contributed by atoms with Gasteiger partial charge in [0.05, 0.1) is 0 Å². The van der Waals surface area contributed by atoms with Gasteiger partial charge in [0.2, 0.25) is 0 Å². The van der Waals surface area contributed by atoms with Crippen LogP contribution in [-0.2, 0) is 15.9 Å². The number of carbonyl (C=O) groups excluding carboxylic acids is 1. The molecule has 0 amide bonds. The lowest BCUT2D eigenvalue weighted by atomic mass is 10.1. The lowest BCUT2D eigenvalue weighted by Gasteiger charge is -2.00. The van der Waals surface area contributed by atoms with Gasteiger partial charge in [-0.3, -0.25) is 9.35 Å². The number of rotatable bonds is 5. The zero-order valence-electron chi connectivity index (χ0n) is 11.5. The second-order valence-electron chi connectivity index (χ2n) is 4.71. The van der Waals surface area contributed by atoms with Crippen molar-refractivity contribution in [1.82, 2.24) is 0 Å². The zero-order valence-corrected chi connectivity index (χ0v) is 12.3. The van der Waals surface area contributed by atoms with Gasteiger partial charge in [-0.05, 0) is 29.3 Å². The van der Waals surface area contributed by atoms with E-state index in [4.69, 9.17) is 9.66 Å². The van der Waals surface area contributed by atoms with Gasteiger partial charge in [-0.2, -0.15) is 8.42 Å². The summed E-state index contributed by atoms with van der Waals surface area (Å²) in [5, 5.41) is 9.17. The SMILES string of the molecule is O=C(/C=C/c1ccc(O)cc1)c1ccc(CS(=O)(=O)O)cc1. The predicted molar refractivity (Wildman–Crippen MR) is 83.2 cm³/mol. The lowest BCUT2D eigenvalue weighted by Crippen LogP contribution is -2.02. The van der Waals surface area contributed by atoms with Crippen molar-refractivity contribution in [3.63, 3.8) is 0 Å². The molecule has 2 aromatic carbocycles. The number of allylic oxidation sites excluding steroid dienone is 1. The fourth-order valence-electron chi connectivity index (χ4n) is 1.83. The van der Waals surface area contributed by atoms with E-state index in [9.17, 15) is 13.2 Å². The summed E-state index contributed by atoms with van der Waals surface area (Å²) in [5.41, 5.74) is 1.59. The van der Waals surface area contributed by atoms with Gasteiger partial charge in [-0.1, -0.05) is 42.5 Å². The first-order chi connectivity index (χ1) is 10.3. The van der Waals surface area contributed by atoms with Crippen LogP contribution in [-0.4, -0.2) is 23.9 Å². The number of hydrogen-bond acceptors (Lipinski definition) is 4. The summed E-state index contributed by atoms with van der Waals surface area (Å²) in [7, 11) is -4.08. The summed E-state index contributed by atoms with van der Waals surface area (Å²) in [4.78, 5) is 12.0. The van der Waals surface area contributed by atoms with Crippen LogP contribution in [0.25, 0.3) is 6.08 Å². The summed E-state index contributed by atoms with van der Waals surface area (Å²) >= 11 is 0. The minimum Gasteiger partial charge on any atom is -0.508 e. The molecule has 0 aromatic heterocycles. The standard InChI is InChI=1S/C16H14O5S/c17-15-8-3-12(4-9-15)5-10-16(18)14-6-1-13(2-7-14)11-22(19,20)21/h1-10,17H,11H2,(H,19,20,21)/b10-5+. The molecule has 0 unspecified atom stereocenters. The molecular weight excluding hydrogens is 304 g/mol. The second-order valence-corrected chi connectivity index (χ2v) is 6.16. The number of aromatic hydroxyl groups is 1. The molecule has 22 heavy (non-hydrogen) atoms. The summed E-state index contributed by atoms with van der Waals surface area (Å²) in [5.74, 6) is -0.561. The van der Waals surface area contributed by atoms with E-state index < -0.39 is 15.9 Å². The smallest absolute Gasteiger partial charge is 0.269 e. The average Bonchev–Trinajstić information content (AvgIpc) is 2.45. The number of benzene rings is 2. The maximum absolute atomic E-state index is 12.0. The van der Waals surface area contributed by atoms with E-state index in [1.165, 1.54) is 42.5 Å². The van der Waals surface area contributed by atoms with Crippen LogP contribution in [0.3, 0.4) is 0 Å². The molecule has 0 fully saturated rings. The Morgan fingerprint density at radius 1 is 1.00 bits per heavy atom. The number of hydrogen-bond donors (Lipinski definition) is 2. The van der Waals surface area contributed by atoms with E-state index in [1.54, 1.807) is 18.2 Å². The first-order valence-electron chi connectivity index (χ1n) is 6.39.